The molecule has 0 saturated carbocycles. The third kappa shape index (κ3) is 5.61. The van der Waals surface area contributed by atoms with E-state index in [-0.39, 0.29) is 10.8 Å². The van der Waals surface area contributed by atoms with Crippen LogP contribution in [0.4, 0.5) is 0 Å². The number of carbonyl (C=O) groups excluding carboxylic acids is 1. The average molecular weight is 304 g/mol. The van der Waals surface area contributed by atoms with Crippen molar-refractivity contribution in [1.29, 1.82) is 0 Å². The first-order valence-corrected chi connectivity index (χ1v) is 8.59. The van der Waals surface area contributed by atoms with Crippen LogP contribution in [0.5, 0.6) is 0 Å². The van der Waals surface area contributed by atoms with Gasteiger partial charge in [-0.25, -0.2) is 8.42 Å². The molecule has 0 unspecified atom stereocenters. The van der Waals surface area contributed by atoms with Gasteiger partial charge in [0.05, 0.1) is 4.90 Å². The molecule has 0 bridgehead atoms. The zero-order chi connectivity index (χ0) is 14.3. The summed E-state index contributed by atoms with van der Waals surface area (Å²) in [5.74, 6) is -0.199. The van der Waals surface area contributed by atoms with Crippen LogP contribution < -0.4 is 5.32 Å². The molecule has 0 aromatic heterocycles. The highest BCUT2D eigenvalue weighted by molar-refractivity contribution is 8.13. The van der Waals surface area contributed by atoms with Crippen molar-refractivity contribution in [1.82, 2.24) is 5.32 Å². The minimum absolute atomic E-state index is 0.00587. The van der Waals surface area contributed by atoms with Crippen molar-refractivity contribution >= 4 is 25.6 Å². The Morgan fingerprint density at radius 3 is 2.32 bits per heavy atom. The standard InChI is InChI=1S/C13H18ClNO3S/c1-2-3-4-5-10-15-13(16)11-6-8-12(9-7-11)19(14,17)18/h6-9H,2-5,10H2,1H3,(H,15,16). The van der Waals surface area contributed by atoms with Crippen molar-refractivity contribution < 1.29 is 13.2 Å². The van der Waals surface area contributed by atoms with Crippen LogP contribution >= 0.6 is 10.7 Å². The molecule has 4 nitrogen and oxygen atoms in total. The van der Waals surface area contributed by atoms with Gasteiger partial charge in [-0.15, -0.1) is 0 Å². The number of carbonyl (C=O) groups is 1. The van der Waals surface area contributed by atoms with Crippen LogP contribution in [0.25, 0.3) is 0 Å². The number of amides is 1. The third-order valence-electron chi connectivity index (χ3n) is 2.71. The van der Waals surface area contributed by atoms with Gasteiger partial charge in [0.25, 0.3) is 15.0 Å². The highest BCUT2D eigenvalue weighted by Gasteiger charge is 2.11. The van der Waals surface area contributed by atoms with E-state index in [1.807, 2.05) is 0 Å². The fourth-order valence-corrected chi connectivity index (χ4v) is 2.39. The number of unbranched alkanes of at least 4 members (excludes halogenated alkanes) is 3. The van der Waals surface area contributed by atoms with Crippen molar-refractivity contribution in [3.05, 3.63) is 29.8 Å². The van der Waals surface area contributed by atoms with Gasteiger partial charge in [-0.3, -0.25) is 4.79 Å². The molecule has 106 valence electrons. The monoisotopic (exact) mass is 303 g/mol. The summed E-state index contributed by atoms with van der Waals surface area (Å²) >= 11 is 0. The molecule has 19 heavy (non-hydrogen) atoms. The summed E-state index contributed by atoms with van der Waals surface area (Å²) in [6.45, 7) is 2.76. The van der Waals surface area contributed by atoms with Crippen molar-refractivity contribution in [3.63, 3.8) is 0 Å². The van der Waals surface area contributed by atoms with Crippen molar-refractivity contribution in [2.45, 2.75) is 37.5 Å². The molecule has 0 aliphatic heterocycles. The maximum absolute atomic E-state index is 11.7. The first-order valence-electron chi connectivity index (χ1n) is 6.28. The number of hydrogen-bond acceptors (Lipinski definition) is 3. The average Bonchev–Trinajstić information content (AvgIpc) is 2.37. The molecule has 0 heterocycles. The van der Waals surface area contributed by atoms with Crippen LogP contribution in [0.1, 0.15) is 43.0 Å². The highest BCUT2D eigenvalue weighted by Crippen LogP contribution is 2.15. The molecule has 6 heteroatoms. The van der Waals surface area contributed by atoms with E-state index in [1.165, 1.54) is 24.3 Å². The number of benzene rings is 1. The molecule has 1 N–H and O–H groups in total. The molecular formula is C13H18ClNO3S. The molecule has 1 aromatic rings. The fourth-order valence-electron chi connectivity index (χ4n) is 1.62. The second kappa shape index (κ2) is 7.50. The van der Waals surface area contributed by atoms with Gasteiger partial charge in [0.15, 0.2) is 0 Å². The first kappa shape index (κ1) is 16.0. The Bertz CT molecular complexity index is 511. The van der Waals surface area contributed by atoms with Crippen LogP contribution in [0.3, 0.4) is 0 Å². The Labute approximate surface area is 118 Å². The maximum atomic E-state index is 11.7. The highest BCUT2D eigenvalue weighted by atomic mass is 35.7. The van der Waals surface area contributed by atoms with E-state index in [0.29, 0.717) is 12.1 Å². The molecule has 0 fully saturated rings. The van der Waals surface area contributed by atoms with E-state index in [2.05, 4.69) is 12.2 Å². The predicted octanol–water partition coefficient (Wildman–Crippen LogP) is 2.92. The summed E-state index contributed by atoms with van der Waals surface area (Å²) in [7, 11) is 1.46. The van der Waals surface area contributed by atoms with Crippen LogP contribution in [-0.4, -0.2) is 20.9 Å². The van der Waals surface area contributed by atoms with Gasteiger partial charge >= 0.3 is 0 Å². The number of hydrogen-bond donors (Lipinski definition) is 1. The smallest absolute Gasteiger partial charge is 0.261 e. The van der Waals surface area contributed by atoms with Gasteiger partial charge in [0, 0.05) is 22.8 Å². The van der Waals surface area contributed by atoms with Crippen molar-refractivity contribution in [2.24, 2.45) is 0 Å². The molecule has 1 aromatic carbocycles. The number of nitrogens with one attached hydrogen (secondary N) is 1. The summed E-state index contributed by atoms with van der Waals surface area (Å²) in [4.78, 5) is 11.7. The van der Waals surface area contributed by atoms with E-state index in [4.69, 9.17) is 10.7 Å². The Kier molecular flexibility index (Phi) is 6.31. The molecule has 0 saturated heterocycles. The van der Waals surface area contributed by atoms with Gasteiger partial charge in [0.1, 0.15) is 0 Å². The Hall–Kier alpha value is -1.07. The Balaban J connectivity index is 2.50. The summed E-state index contributed by atoms with van der Waals surface area (Å²) in [6, 6.07) is 5.57. The molecule has 0 aliphatic rings. The van der Waals surface area contributed by atoms with Gasteiger partial charge in [-0.05, 0) is 30.7 Å². The number of rotatable bonds is 7. The molecule has 0 spiro atoms. The van der Waals surface area contributed by atoms with Crippen LogP contribution in [-0.2, 0) is 9.05 Å². The van der Waals surface area contributed by atoms with E-state index in [0.717, 1.165) is 25.7 Å². The predicted molar refractivity (Wildman–Crippen MR) is 76.0 cm³/mol. The second-order valence-electron chi connectivity index (χ2n) is 4.28. The van der Waals surface area contributed by atoms with Gasteiger partial charge in [-0.1, -0.05) is 26.2 Å². The summed E-state index contributed by atoms with van der Waals surface area (Å²) in [5, 5.41) is 2.79. The lowest BCUT2D eigenvalue weighted by Crippen LogP contribution is -2.24. The topological polar surface area (TPSA) is 63.2 Å². The largest absolute Gasteiger partial charge is 0.352 e. The van der Waals surface area contributed by atoms with E-state index >= 15 is 0 Å². The minimum atomic E-state index is -3.73. The van der Waals surface area contributed by atoms with Crippen molar-refractivity contribution in [2.75, 3.05) is 6.54 Å². The minimum Gasteiger partial charge on any atom is -0.352 e. The lowest BCUT2D eigenvalue weighted by Gasteiger charge is -2.05. The molecule has 0 aliphatic carbocycles. The van der Waals surface area contributed by atoms with Crippen LogP contribution in [0.2, 0.25) is 0 Å². The third-order valence-corrected chi connectivity index (χ3v) is 4.08. The lowest BCUT2D eigenvalue weighted by atomic mass is 10.2. The zero-order valence-corrected chi connectivity index (χ0v) is 12.4. The quantitative estimate of drug-likeness (QED) is 0.622. The zero-order valence-electron chi connectivity index (χ0n) is 10.9. The van der Waals surface area contributed by atoms with Gasteiger partial charge in [-0.2, -0.15) is 0 Å². The SMILES string of the molecule is CCCCCCNC(=O)c1ccc(S(=O)(=O)Cl)cc1. The summed E-state index contributed by atoms with van der Waals surface area (Å²) in [6.07, 6.45) is 4.37. The summed E-state index contributed by atoms with van der Waals surface area (Å²) in [5.41, 5.74) is 0.430. The molecule has 0 radical (unpaired) electrons. The number of halogens is 1. The molecule has 1 rings (SSSR count). The molecule has 0 atom stereocenters. The fraction of sp³-hybridized carbons (Fsp3) is 0.462. The lowest BCUT2D eigenvalue weighted by molar-refractivity contribution is 0.0953. The van der Waals surface area contributed by atoms with E-state index in [1.54, 1.807) is 0 Å². The molecular weight excluding hydrogens is 286 g/mol. The second-order valence-corrected chi connectivity index (χ2v) is 6.84. The van der Waals surface area contributed by atoms with E-state index < -0.39 is 9.05 Å². The first-order chi connectivity index (χ1) is 8.95. The van der Waals surface area contributed by atoms with Crippen LogP contribution in [0.15, 0.2) is 29.2 Å². The summed E-state index contributed by atoms with van der Waals surface area (Å²) < 4.78 is 22.1. The van der Waals surface area contributed by atoms with Crippen molar-refractivity contribution in [3.8, 4) is 0 Å². The Morgan fingerprint density at radius 2 is 1.79 bits per heavy atom. The van der Waals surface area contributed by atoms with E-state index in [9.17, 15) is 13.2 Å². The van der Waals surface area contributed by atoms with Crippen LogP contribution in [0, 0.1) is 0 Å². The molecule has 1 amide bonds. The van der Waals surface area contributed by atoms with Gasteiger partial charge in [0.2, 0.25) is 0 Å². The Morgan fingerprint density at radius 1 is 1.16 bits per heavy atom. The van der Waals surface area contributed by atoms with Gasteiger partial charge < -0.3 is 5.32 Å². The normalized spacial score (nSPS) is 11.3. The maximum Gasteiger partial charge on any atom is 0.261 e.